The number of hydrogen-bond donors (Lipinski definition) is 0. The molecule has 0 spiro atoms. The second kappa shape index (κ2) is 6.81. The first-order chi connectivity index (χ1) is 11.4. The van der Waals surface area contributed by atoms with Gasteiger partial charge < -0.3 is 0 Å². The van der Waals surface area contributed by atoms with E-state index in [4.69, 9.17) is 0 Å². The van der Waals surface area contributed by atoms with E-state index in [0.29, 0.717) is 31.1 Å². The lowest BCUT2D eigenvalue weighted by atomic mass is 9.94. The van der Waals surface area contributed by atoms with Gasteiger partial charge in [0.25, 0.3) is 10.2 Å². The van der Waals surface area contributed by atoms with Crippen molar-refractivity contribution in [1.82, 2.24) is 13.5 Å². The molecule has 0 aromatic heterocycles. The van der Waals surface area contributed by atoms with Crippen LogP contribution >= 0.6 is 0 Å². The summed E-state index contributed by atoms with van der Waals surface area (Å²) in [5.41, 5.74) is 1.73. The zero-order chi connectivity index (χ0) is 17.3. The van der Waals surface area contributed by atoms with Crippen LogP contribution in [0, 0.1) is 17.2 Å². The lowest BCUT2D eigenvalue weighted by Crippen LogP contribution is -2.45. The van der Waals surface area contributed by atoms with Crippen LogP contribution in [0.15, 0.2) is 24.3 Å². The fourth-order valence-electron chi connectivity index (χ4n) is 3.74. The van der Waals surface area contributed by atoms with E-state index < -0.39 is 10.2 Å². The summed E-state index contributed by atoms with van der Waals surface area (Å²) in [6.45, 7) is 2.73. The van der Waals surface area contributed by atoms with Crippen molar-refractivity contribution in [2.45, 2.75) is 25.4 Å². The summed E-state index contributed by atoms with van der Waals surface area (Å²) in [6.07, 6.45) is 2.08. The Labute approximate surface area is 144 Å². The van der Waals surface area contributed by atoms with Crippen LogP contribution in [0.3, 0.4) is 0 Å². The summed E-state index contributed by atoms with van der Waals surface area (Å²) in [6, 6.07) is 10.1. The summed E-state index contributed by atoms with van der Waals surface area (Å²) in [5.74, 6) is 0.354. The van der Waals surface area contributed by atoms with Crippen LogP contribution in [-0.2, 0) is 16.8 Å². The molecular formula is C17H24N4O2S. The number of fused-ring (bicyclic) bond motifs is 4. The normalized spacial score (nSPS) is 25.6. The van der Waals surface area contributed by atoms with Gasteiger partial charge in [-0.05, 0) is 30.4 Å². The highest BCUT2D eigenvalue weighted by Gasteiger charge is 2.39. The molecule has 1 aromatic carbocycles. The Bertz CT molecular complexity index is 741. The first-order valence-corrected chi connectivity index (χ1v) is 9.71. The Kier molecular flexibility index (Phi) is 4.92. The largest absolute Gasteiger partial charge is 0.294 e. The molecular weight excluding hydrogens is 324 g/mol. The molecule has 0 radical (unpaired) electrons. The third-order valence-electron chi connectivity index (χ3n) is 5.09. The lowest BCUT2D eigenvalue weighted by Gasteiger charge is -2.36. The van der Waals surface area contributed by atoms with Crippen LogP contribution in [0.25, 0.3) is 0 Å². The molecule has 0 N–H and O–H groups in total. The van der Waals surface area contributed by atoms with Crippen molar-refractivity contribution in [2.24, 2.45) is 5.92 Å². The number of rotatable bonds is 4. The van der Waals surface area contributed by atoms with Crippen LogP contribution in [0.2, 0.25) is 0 Å². The smallest absolute Gasteiger partial charge is 0.281 e. The van der Waals surface area contributed by atoms with Crippen LogP contribution in [0.4, 0.5) is 0 Å². The van der Waals surface area contributed by atoms with Gasteiger partial charge in [0.15, 0.2) is 0 Å². The molecule has 3 saturated heterocycles. The number of nitrogens with zero attached hydrogens (tertiary/aromatic N) is 4. The van der Waals surface area contributed by atoms with Crippen LogP contribution in [-0.4, -0.2) is 61.7 Å². The zero-order valence-corrected chi connectivity index (χ0v) is 15.0. The van der Waals surface area contributed by atoms with E-state index in [2.05, 4.69) is 11.0 Å². The highest BCUT2D eigenvalue weighted by atomic mass is 32.2. The highest BCUT2D eigenvalue weighted by molar-refractivity contribution is 7.86. The summed E-state index contributed by atoms with van der Waals surface area (Å²) >= 11 is 0. The fourth-order valence-corrected chi connectivity index (χ4v) is 4.96. The maximum absolute atomic E-state index is 12.5. The molecule has 0 amide bonds. The first kappa shape index (κ1) is 17.4. The van der Waals surface area contributed by atoms with E-state index in [9.17, 15) is 13.7 Å². The molecule has 3 aliphatic rings. The van der Waals surface area contributed by atoms with Gasteiger partial charge in [0.1, 0.15) is 0 Å². The third kappa shape index (κ3) is 3.33. The van der Waals surface area contributed by atoms with E-state index in [0.717, 1.165) is 24.9 Å². The Balaban J connectivity index is 1.80. The number of piperidine rings is 1. The molecule has 0 unspecified atom stereocenters. The second-order valence-corrected chi connectivity index (χ2v) is 9.05. The predicted molar refractivity (Wildman–Crippen MR) is 92.3 cm³/mol. The standard InChI is InChI=1S/C17H24N4O2S/c1-19(2)24(22,23)21-11-14-7-8-17(13-21)20(10-14)12-16-6-4-3-5-15(16)9-18/h3-6,14,17H,7-8,10-13H2,1-2H3/t14-,17-/m0/s1. The van der Waals surface area contributed by atoms with Crippen molar-refractivity contribution in [3.63, 3.8) is 0 Å². The van der Waals surface area contributed by atoms with Gasteiger partial charge in [-0.2, -0.15) is 22.3 Å². The average Bonchev–Trinajstić information content (AvgIpc) is 2.87. The molecule has 3 fully saturated rings. The molecule has 0 saturated carbocycles. The number of benzene rings is 1. The number of nitriles is 1. The minimum Gasteiger partial charge on any atom is -0.294 e. The molecule has 24 heavy (non-hydrogen) atoms. The molecule has 4 rings (SSSR count). The molecule has 6 nitrogen and oxygen atoms in total. The van der Waals surface area contributed by atoms with Gasteiger partial charge in [-0.15, -0.1) is 0 Å². The average molecular weight is 348 g/mol. The summed E-state index contributed by atoms with van der Waals surface area (Å²) < 4.78 is 28.0. The van der Waals surface area contributed by atoms with E-state index in [1.165, 1.54) is 4.31 Å². The van der Waals surface area contributed by atoms with Crippen molar-refractivity contribution in [3.05, 3.63) is 35.4 Å². The predicted octanol–water partition coefficient (Wildman–Crippen LogP) is 1.26. The van der Waals surface area contributed by atoms with Crippen molar-refractivity contribution in [2.75, 3.05) is 33.7 Å². The SMILES string of the molecule is CN(C)S(=O)(=O)N1C[C@H]2CC[C@@H](C1)N(Cc1ccccc1C#N)C2. The van der Waals surface area contributed by atoms with Gasteiger partial charge in [-0.3, -0.25) is 4.90 Å². The van der Waals surface area contributed by atoms with Crippen molar-refractivity contribution in [1.29, 1.82) is 5.26 Å². The Hall–Kier alpha value is -1.46. The molecule has 7 heteroatoms. The molecule has 0 aliphatic carbocycles. The Morgan fingerprint density at radius 2 is 1.96 bits per heavy atom. The number of hydrogen-bond acceptors (Lipinski definition) is 4. The summed E-state index contributed by atoms with van der Waals surface area (Å²) in [4.78, 5) is 2.36. The quantitative estimate of drug-likeness (QED) is 0.822. The molecule has 2 atom stereocenters. The lowest BCUT2D eigenvalue weighted by molar-refractivity contribution is 0.125. The maximum Gasteiger partial charge on any atom is 0.281 e. The molecule has 3 aliphatic heterocycles. The van der Waals surface area contributed by atoms with E-state index >= 15 is 0 Å². The van der Waals surface area contributed by atoms with E-state index in [1.807, 2.05) is 24.3 Å². The van der Waals surface area contributed by atoms with Gasteiger partial charge >= 0.3 is 0 Å². The third-order valence-corrected chi connectivity index (χ3v) is 6.97. The van der Waals surface area contributed by atoms with Crippen molar-refractivity contribution in [3.8, 4) is 6.07 Å². The maximum atomic E-state index is 12.5. The Morgan fingerprint density at radius 3 is 2.67 bits per heavy atom. The van der Waals surface area contributed by atoms with Crippen molar-refractivity contribution < 1.29 is 8.42 Å². The van der Waals surface area contributed by atoms with Crippen LogP contribution in [0.5, 0.6) is 0 Å². The topological polar surface area (TPSA) is 67.7 Å². The van der Waals surface area contributed by atoms with Gasteiger partial charge in [-0.1, -0.05) is 18.2 Å². The monoisotopic (exact) mass is 348 g/mol. The molecule has 3 heterocycles. The fraction of sp³-hybridized carbons (Fsp3) is 0.588. The van der Waals surface area contributed by atoms with Gasteiger partial charge in [0, 0.05) is 46.3 Å². The summed E-state index contributed by atoms with van der Waals surface area (Å²) in [7, 11) is -0.198. The minimum absolute atomic E-state index is 0.213. The minimum atomic E-state index is -3.37. The van der Waals surface area contributed by atoms with E-state index in [-0.39, 0.29) is 6.04 Å². The van der Waals surface area contributed by atoms with Gasteiger partial charge in [0.2, 0.25) is 0 Å². The van der Waals surface area contributed by atoms with Gasteiger partial charge in [0.05, 0.1) is 11.6 Å². The first-order valence-electron chi connectivity index (χ1n) is 8.31. The Morgan fingerprint density at radius 1 is 1.21 bits per heavy atom. The zero-order valence-electron chi connectivity index (χ0n) is 14.2. The van der Waals surface area contributed by atoms with Crippen LogP contribution < -0.4 is 0 Å². The van der Waals surface area contributed by atoms with E-state index in [1.54, 1.807) is 18.4 Å². The highest BCUT2D eigenvalue weighted by Crippen LogP contribution is 2.31. The summed E-state index contributed by atoms with van der Waals surface area (Å²) in [5, 5.41) is 9.28. The molecule has 2 bridgehead atoms. The van der Waals surface area contributed by atoms with Gasteiger partial charge in [-0.25, -0.2) is 0 Å². The van der Waals surface area contributed by atoms with Crippen molar-refractivity contribution >= 4 is 10.2 Å². The molecule has 130 valence electrons. The van der Waals surface area contributed by atoms with Crippen LogP contribution in [0.1, 0.15) is 24.0 Å². The second-order valence-electron chi connectivity index (χ2n) is 6.90. The molecule has 1 aromatic rings.